The van der Waals surface area contributed by atoms with Crippen molar-refractivity contribution in [2.75, 3.05) is 11.9 Å². The van der Waals surface area contributed by atoms with Gasteiger partial charge < -0.3 is 5.32 Å². The van der Waals surface area contributed by atoms with Crippen molar-refractivity contribution in [3.8, 4) is 16.9 Å². The van der Waals surface area contributed by atoms with Gasteiger partial charge in [-0.05, 0) is 62.4 Å². The zero-order valence-electron chi connectivity index (χ0n) is 14.2. The second-order valence-electron chi connectivity index (χ2n) is 6.50. The minimum absolute atomic E-state index is 0.996. The molecule has 0 amide bonds. The molecule has 1 aliphatic rings. The molecule has 0 bridgehead atoms. The van der Waals surface area contributed by atoms with E-state index in [2.05, 4.69) is 53.1 Å². The summed E-state index contributed by atoms with van der Waals surface area (Å²) >= 11 is 0. The van der Waals surface area contributed by atoms with Gasteiger partial charge in [0.2, 0.25) is 0 Å². The van der Waals surface area contributed by atoms with Crippen LogP contribution in [0.25, 0.3) is 16.9 Å². The van der Waals surface area contributed by atoms with Gasteiger partial charge in [0, 0.05) is 30.1 Å². The van der Waals surface area contributed by atoms with Crippen LogP contribution in [0.4, 0.5) is 5.82 Å². The van der Waals surface area contributed by atoms with E-state index in [1.54, 1.807) is 0 Å². The number of rotatable bonds is 2. The molecular weight excluding hydrogens is 296 g/mol. The van der Waals surface area contributed by atoms with Crippen LogP contribution in [-0.4, -0.2) is 21.3 Å². The van der Waals surface area contributed by atoms with Gasteiger partial charge in [-0.15, -0.1) is 0 Å². The Labute approximate surface area is 142 Å². The highest BCUT2D eigenvalue weighted by Crippen LogP contribution is 2.34. The van der Waals surface area contributed by atoms with Crippen molar-refractivity contribution in [3.63, 3.8) is 0 Å². The molecule has 0 saturated carbocycles. The van der Waals surface area contributed by atoms with E-state index in [1.165, 1.54) is 29.5 Å². The van der Waals surface area contributed by atoms with E-state index in [0.717, 1.165) is 35.7 Å². The maximum absolute atomic E-state index is 4.99. The Hall–Kier alpha value is -2.62. The van der Waals surface area contributed by atoms with E-state index in [4.69, 9.17) is 5.10 Å². The number of fused-ring (bicyclic) bond motifs is 1. The zero-order valence-corrected chi connectivity index (χ0v) is 14.2. The van der Waals surface area contributed by atoms with Crippen LogP contribution in [0.3, 0.4) is 0 Å². The summed E-state index contributed by atoms with van der Waals surface area (Å²) in [6, 6.07) is 10.6. The van der Waals surface area contributed by atoms with Crippen molar-refractivity contribution in [1.82, 2.24) is 14.8 Å². The molecule has 0 radical (unpaired) electrons. The highest BCUT2D eigenvalue weighted by Gasteiger charge is 2.22. The maximum Gasteiger partial charge on any atom is 0.133 e. The van der Waals surface area contributed by atoms with Gasteiger partial charge >= 0.3 is 0 Å². The van der Waals surface area contributed by atoms with E-state index in [0.29, 0.717) is 0 Å². The van der Waals surface area contributed by atoms with Crippen molar-refractivity contribution in [2.45, 2.75) is 33.1 Å². The lowest BCUT2D eigenvalue weighted by molar-refractivity contribution is 0.779. The first-order valence-electron chi connectivity index (χ1n) is 8.58. The van der Waals surface area contributed by atoms with Gasteiger partial charge in [-0.2, -0.15) is 5.10 Å². The molecule has 3 aromatic rings. The van der Waals surface area contributed by atoms with Gasteiger partial charge in [-0.25, -0.2) is 4.68 Å². The third-order valence-electron chi connectivity index (χ3n) is 4.66. The standard InChI is InChI=1S/C20H22N4/c1-14-8-9-15(2)18(12-14)24-20-17(7-3-4-11-22-20)19(23-24)16-6-5-10-21-13-16/h5-6,8-10,12-13,22H,3-4,7,11H2,1-2H3. The lowest BCUT2D eigenvalue weighted by atomic mass is 10.1. The summed E-state index contributed by atoms with van der Waals surface area (Å²) in [6.07, 6.45) is 7.14. The fourth-order valence-corrected chi connectivity index (χ4v) is 3.36. The first kappa shape index (κ1) is 14.9. The van der Waals surface area contributed by atoms with Gasteiger partial charge in [0.05, 0.1) is 11.4 Å². The van der Waals surface area contributed by atoms with Gasteiger partial charge in [0.1, 0.15) is 5.82 Å². The van der Waals surface area contributed by atoms with Crippen LogP contribution in [0, 0.1) is 13.8 Å². The number of nitrogens with zero attached hydrogens (tertiary/aromatic N) is 3. The molecule has 0 atom stereocenters. The Balaban J connectivity index is 1.95. The number of aromatic nitrogens is 3. The Kier molecular flexibility index (Phi) is 3.81. The van der Waals surface area contributed by atoms with E-state index in [-0.39, 0.29) is 0 Å². The number of hydrogen-bond acceptors (Lipinski definition) is 3. The fourth-order valence-electron chi connectivity index (χ4n) is 3.36. The van der Waals surface area contributed by atoms with E-state index in [1.807, 2.05) is 18.5 Å². The molecule has 2 aromatic heterocycles. The summed E-state index contributed by atoms with van der Waals surface area (Å²) in [4.78, 5) is 4.28. The summed E-state index contributed by atoms with van der Waals surface area (Å²) in [7, 11) is 0. The largest absolute Gasteiger partial charge is 0.370 e. The molecular formula is C20H22N4. The van der Waals surface area contributed by atoms with Crippen LogP contribution in [0.15, 0.2) is 42.7 Å². The molecule has 1 N–H and O–H groups in total. The van der Waals surface area contributed by atoms with E-state index >= 15 is 0 Å². The molecule has 4 rings (SSSR count). The smallest absolute Gasteiger partial charge is 0.133 e. The zero-order chi connectivity index (χ0) is 16.5. The molecule has 1 aliphatic heterocycles. The fraction of sp³-hybridized carbons (Fsp3) is 0.300. The summed E-state index contributed by atoms with van der Waals surface area (Å²) < 4.78 is 2.09. The Morgan fingerprint density at radius 2 is 2.04 bits per heavy atom. The first-order valence-corrected chi connectivity index (χ1v) is 8.58. The van der Waals surface area contributed by atoms with Crippen LogP contribution in [0.1, 0.15) is 29.5 Å². The third-order valence-corrected chi connectivity index (χ3v) is 4.66. The highest BCUT2D eigenvalue weighted by molar-refractivity contribution is 5.71. The molecule has 0 fully saturated rings. The monoisotopic (exact) mass is 318 g/mol. The molecule has 4 heteroatoms. The van der Waals surface area contributed by atoms with Crippen molar-refractivity contribution in [1.29, 1.82) is 0 Å². The summed E-state index contributed by atoms with van der Waals surface area (Å²) in [5, 5.41) is 8.60. The molecule has 1 aromatic carbocycles. The van der Waals surface area contributed by atoms with Crippen LogP contribution >= 0.6 is 0 Å². The Bertz CT molecular complexity index is 865. The van der Waals surface area contributed by atoms with E-state index < -0.39 is 0 Å². The predicted molar refractivity (Wildman–Crippen MR) is 97.7 cm³/mol. The molecule has 3 heterocycles. The SMILES string of the molecule is Cc1ccc(C)c(-n2nc(-c3cccnc3)c3c2NCCCC3)c1. The quantitative estimate of drug-likeness (QED) is 0.766. The van der Waals surface area contributed by atoms with Gasteiger partial charge in [-0.1, -0.05) is 12.1 Å². The van der Waals surface area contributed by atoms with Crippen LogP contribution in [-0.2, 0) is 6.42 Å². The second kappa shape index (κ2) is 6.11. The summed E-state index contributed by atoms with van der Waals surface area (Å²) in [6.45, 7) is 5.26. The molecule has 0 aliphatic carbocycles. The van der Waals surface area contributed by atoms with Crippen molar-refractivity contribution >= 4 is 5.82 Å². The third kappa shape index (κ3) is 2.58. The lowest BCUT2D eigenvalue weighted by Gasteiger charge is -2.12. The lowest BCUT2D eigenvalue weighted by Crippen LogP contribution is -2.08. The first-order chi connectivity index (χ1) is 11.7. The molecule has 122 valence electrons. The van der Waals surface area contributed by atoms with Crippen molar-refractivity contribution in [3.05, 3.63) is 59.4 Å². The highest BCUT2D eigenvalue weighted by atomic mass is 15.3. The number of hydrogen-bond donors (Lipinski definition) is 1. The minimum Gasteiger partial charge on any atom is -0.370 e. The van der Waals surface area contributed by atoms with Gasteiger partial charge in [-0.3, -0.25) is 4.98 Å². The average molecular weight is 318 g/mol. The number of anilines is 1. The molecule has 0 saturated heterocycles. The van der Waals surface area contributed by atoms with Crippen molar-refractivity contribution in [2.24, 2.45) is 0 Å². The van der Waals surface area contributed by atoms with E-state index in [9.17, 15) is 0 Å². The van der Waals surface area contributed by atoms with Gasteiger partial charge in [0.25, 0.3) is 0 Å². The van der Waals surface area contributed by atoms with Gasteiger partial charge in [0.15, 0.2) is 0 Å². The normalized spacial score (nSPS) is 13.9. The Morgan fingerprint density at radius 3 is 2.88 bits per heavy atom. The topological polar surface area (TPSA) is 42.7 Å². The molecule has 0 unspecified atom stereocenters. The summed E-state index contributed by atoms with van der Waals surface area (Å²) in [5.74, 6) is 1.14. The Morgan fingerprint density at radius 1 is 1.12 bits per heavy atom. The molecule has 24 heavy (non-hydrogen) atoms. The van der Waals surface area contributed by atoms with Crippen LogP contribution < -0.4 is 5.32 Å². The molecule has 4 nitrogen and oxygen atoms in total. The van der Waals surface area contributed by atoms with Crippen LogP contribution in [0.2, 0.25) is 0 Å². The summed E-state index contributed by atoms with van der Waals surface area (Å²) in [5.41, 5.74) is 7.07. The maximum atomic E-state index is 4.99. The minimum atomic E-state index is 0.996. The second-order valence-corrected chi connectivity index (χ2v) is 6.50. The van der Waals surface area contributed by atoms with Crippen LogP contribution in [0.5, 0.6) is 0 Å². The van der Waals surface area contributed by atoms with Crippen molar-refractivity contribution < 1.29 is 0 Å². The predicted octanol–water partition coefficient (Wildman–Crippen LogP) is 4.30. The molecule has 0 spiro atoms. The number of benzene rings is 1. The number of pyridine rings is 1. The average Bonchev–Trinajstić information content (AvgIpc) is 2.79. The number of nitrogens with one attached hydrogen (secondary N) is 1. The number of aryl methyl sites for hydroxylation is 2.